The molecule has 0 aliphatic rings. The van der Waals surface area contributed by atoms with E-state index in [-0.39, 0.29) is 19.1 Å². The van der Waals surface area contributed by atoms with Crippen molar-refractivity contribution < 1.29 is 19.1 Å². The summed E-state index contributed by atoms with van der Waals surface area (Å²) in [6.07, 6.45) is 3.32. The van der Waals surface area contributed by atoms with Gasteiger partial charge in [-0.25, -0.2) is 14.8 Å². The first kappa shape index (κ1) is 22.1. The molecule has 0 radical (unpaired) electrons. The van der Waals surface area contributed by atoms with Crippen LogP contribution in [0.25, 0.3) is 11.1 Å². The topological polar surface area (TPSA) is 102 Å². The van der Waals surface area contributed by atoms with Gasteiger partial charge in [0.15, 0.2) is 0 Å². The Hall–Kier alpha value is -3.16. The van der Waals surface area contributed by atoms with Gasteiger partial charge in [-0.1, -0.05) is 30.3 Å². The molecule has 2 N–H and O–H groups in total. The number of hydrogen-bond acceptors (Lipinski definition) is 7. The van der Waals surface area contributed by atoms with Gasteiger partial charge in [0.2, 0.25) is 5.95 Å². The Balaban J connectivity index is 1.87. The molecule has 1 amide bonds. The molecule has 0 aliphatic heterocycles. The first-order chi connectivity index (χ1) is 13.8. The third-order valence-corrected chi connectivity index (χ3v) is 3.96. The largest absolute Gasteiger partial charge is 0.469 e. The summed E-state index contributed by atoms with van der Waals surface area (Å²) in [5.41, 5.74) is 1.36. The molecule has 2 aromatic rings. The third-order valence-electron chi connectivity index (χ3n) is 3.96. The quantitative estimate of drug-likeness (QED) is 0.656. The highest BCUT2D eigenvalue weighted by atomic mass is 16.6. The van der Waals surface area contributed by atoms with Crippen LogP contribution >= 0.6 is 0 Å². The van der Waals surface area contributed by atoms with Crippen LogP contribution < -0.4 is 10.6 Å². The summed E-state index contributed by atoms with van der Waals surface area (Å²) >= 11 is 0. The average molecular weight is 400 g/mol. The number of nitrogens with zero attached hydrogens (tertiary/aromatic N) is 2. The van der Waals surface area contributed by atoms with E-state index in [1.165, 1.54) is 7.11 Å². The molecular formula is C21H28N4O4. The molecule has 1 aromatic heterocycles. The Kier molecular flexibility index (Phi) is 7.94. The zero-order valence-electron chi connectivity index (χ0n) is 17.3. The molecule has 0 bridgehead atoms. The third kappa shape index (κ3) is 7.77. The standard InChI is InChI=1S/C21H28N4O4/c1-21(2,3)29-20(27)22-11-10-16(18(26)28-4)12-23-19-24-13-17(14-25-19)15-8-6-5-7-9-15/h5-9,13-14,16H,10-12H2,1-4H3,(H,22,27)(H,23,24,25)/t16-/m0/s1. The first-order valence-electron chi connectivity index (χ1n) is 9.44. The van der Waals surface area contributed by atoms with Crippen LogP contribution in [0, 0.1) is 5.92 Å². The second kappa shape index (κ2) is 10.4. The smallest absolute Gasteiger partial charge is 0.407 e. The number of ether oxygens (including phenoxy) is 2. The molecular weight excluding hydrogens is 372 g/mol. The Morgan fingerprint density at radius 2 is 1.72 bits per heavy atom. The van der Waals surface area contributed by atoms with Crippen molar-refractivity contribution in [2.45, 2.75) is 32.8 Å². The number of anilines is 1. The number of aromatic nitrogens is 2. The van der Waals surface area contributed by atoms with Crippen molar-refractivity contribution in [1.82, 2.24) is 15.3 Å². The predicted molar refractivity (Wildman–Crippen MR) is 110 cm³/mol. The summed E-state index contributed by atoms with van der Waals surface area (Å²) in [5, 5.41) is 5.69. The van der Waals surface area contributed by atoms with Gasteiger partial charge in [0.05, 0.1) is 13.0 Å². The van der Waals surface area contributed by atoms with Crippen molar-refractivity contribution in [3.63, 3.8) is 0 Å². The van der Waals surface area contributed by atoms with Crippen LogP contribution in [-0.2, 0) is 14.3 Å². The van der Waals surface area contributed by atoms with Crippen LogP contribution in [-0.4, -0.2) is 47.8 Å². The predicted octanol–water partition coefficient (Wildman–Crippen LogP) is 3.26. The monoisotopic (exact) mass is 400 g/mol. The highest BCUT2D eigenvalue weighted by Crippen LogP contribution is 2.17. The van der Waals surface area contributed by atoms with Crippen LogP contribution in [0.2, 0.25) is 0 Å². The van der Waals surface area contributed by atoms with E-state index >= 15 is 0 Å². The number of nitrogens with one attached hydrogen (secondary N) is 2. The molecule has 0 saturated heterocycles. The van der Waals surface area contributed by atoms with E-state index in [1.54, 1.807) is 33.2 Å². The van der Waals surface area contributed by atoms with Gasteiger partial charge in [-0.3, -0.25) is 4.79 Å². The van der Waals surface area contributed by atoms with E-state index in [9.17, 15) is 9.59 Å². The molecule has 2 rings (SSSR count). The molecule has 8 nitrogen and oxygen atoms in total. The van der Waals surface area contributed by atoms with Crippen molar-refractivity contribution in [3.8, 4) is 11.1 Å². The molecule has 1 atom stereocenters. The second-order valence-electron chi connectivity index (χ2n) is 7.48. The molecule has 29 heavy (non-hydrogen) atoms. The van der Waals surface area contributed by atoms with E-state index in [0.717, 1.165) is 11.1 Å². The number of carbonyl (C=O) groups excluding carboxylic acids is 2. The number of esters is 1. The van der Waals surface area contributed by atoms with Crippen molar-refractivity contribution in [2.24, 2.45) is 5.92 Å². The van der Waals surface area contributed by atoms with E-state index in [0.29, 0.717) is 12.4 Å². The fourth-order valence-corrected chi connectivity index (χ4v) is 2.55. The normalized spacial score (nSPS) is 12.0. The van der Waals surface area contributed by atoms with Crippen LogP contribution in [0.1, 0.15) is 27.2 Å². The highest BCUT2D eigenvalue weighted by molar-refractivity contribution is 5.73. The van der Waals surface area contributed by atoms with Gasteiger partial charge in [-0.05, 0) is 32.8 Å². The van der Waals surface area contributed by atoms with E-state index < -0.39 is 17.6 Å². The van der Waals surface area contributed by atoms with Crippen LogP contribution in [0.5, 0.6) is 0 Å². The Labute approximate surface area is 171 Å². The number of amides is 1. The molecule has 1 aromatic carbocycles. The summed E-state index contributed by atoms with van der Waals surface area (Å²) in [6, 6.07) is 9.82. The van der Waals surface area contributed by atoms with Crippen molar-refractivity contribution >= 4 is 18.0 Å². The number of rotatable bonds is 8. The summed E-state index contributed by atoms with van der Waals surface area (Å²) in [7, 11) is 1.34. The number of hydrogen-bond donors (Lipinski definition) is 2. The average Bonchev–Trinajstić information content (AvgIpc) is 2.69. The Bertz CT molecular complexity index is 789. The van der Waals surface area contributed by atoms with Gasteiger partial charge in [-0.15, -0.1) is 0 Å². The van der Waals surface area contributed by atoms with Crippen molar-refractivity contribution in [2.75, 3.05) is 25.5 Å². The molecule has 8 heteroatoms. The van der Waals surface area contributed by atoms with Crippen molar-refractivity contribution in [3.05, 3.63) is 42.7 Å². The van der Waals surface area contributed by atoms with Gasteiger partial charge < -0.3 is 20.1 Å². The minimum atomic E-state index is -0.573. The molecule has 0 aliphatic carbocycles. The lowest BCUT2D eigenvalue weighted by molar-refractivity contribution is -0.145. The van der Waals surface area contributed by atoms with Crippen molar-refractivity contribution in [1.29, 1.82) is 0 Å². The summed E-state index contributed by atoms with van der Waals surface area (Å²) in [6.45, 7) is 5.93. The second-order valence-corrected chi connectivity index (χ2v) is 7.48. The minimum Gasteiger partial charge on any atom is -0.469 e. The summed E-state index contributed by atoms with van der Waals surface area (Å²) in [4.78, 5) is 32.3. The van der Waals surface area contributed by atoms with Gasteiger partial charge in [-0.2, -0.15) is 0 Å². The van der Waals surface area contributed by atoms with Crippen LogP contribution in [0.3, 0.4) is 0 Å². The minimum absolute atomic E-state index is 0.282. The lowest BCUT2D eigenvalue weighted by atomic mass is 10.1. The number of carbonyl (C=O) groups is 2. The maximum absolute atomic E-state index is 12.0. The SMILES string of the molecule is COC(=O)[C@@H](CCNC(=O)OC(C)(C)C)CNc1ncc(-c2ccccc2)cn1. The molecule has 0 unspecified atom stereocenters. The molecule has 0 fully saturated rings. The Morgan fingerprint density at radius 3 is 2.31 bits per heavy atom. The summed E-state index contributed by atoms with van der Waals surface area (Å²) < 4.78 is 10.0. The molecule has 0 spiro atoms. The molecule has 1 heterocycles. The lowest BCUT2D eigenvalue weighted by Crippen LogP contribution is -2.35. The van der Waals surface area contributed by atoms with E-state index in [4.69, 9.17) is 9.47 Å². The van der Waals surface area contributed by atoms with Crippen LogP contribution in [0.15, 0.2) is 42.7 Å². The summed E-state index contributed by atoms with van der Waals surface area (Å²) in [5.74, 6) is -0.421. The fourth-order valence-electron chi connectivity index (χ4n) is 2.55. The van der Waals surface area contributed by atoms with E-state index in [1.807, 2.05) is 30.3 Å². The Morgan fingerprint density at radius 1 is 1.07 bits per heavy atom. The fraction of sp³-hybridized carbons (Fsp3) is 0.429. The molecule has 0 saturated carbocycles. The van der Waals surface area contributed by atoms with Gasteiger partial charge in [0.25, 0.3) is 0 Å². The maximum Gasteiger partial charge on any atom is 0.407 e. The zero-order valence-corrected chi connectivity index (χ0v) is 17.3. The number of methoxy groups -OCH3 is 1. The van der Waals surface area contributed by atoms with Gasteiger partial charge in [0.1, 0.15) is 5.60 Å². The lowest BCUT2D eigenvalue weighted by Gasteiger charge is -2.20. The van der Waals surface area contributed by atoms with Crippen LogP contribution in [0.4, 0.5) is 10.7 Å². The number of benzene rings is 1. The molecule has 156 valence electrons. The first-order valence-corrected chi connectivity index (χ1v) is 9.44. The van der Waals surface area contributed by atoms with Gasteiger partial charge >= 0.3 is 12.1 Å². The van der Waals surface area contributed by atoms with Gasteiger partial charge in [0, 0.05) is 31.0 Å². The van der Waals surface area contributed by atoms with E-state index in [2.05, 4.69) is 20.6 Å². The highest BCUT2D eigenvalue weighted by Gasteiger charge is 2.21. The zero-order chi connectivity index (χ0) is 21.3. The number of alkyl carbamates (subject to hydrolysis) is 1. The maximum atomic E-state index is 12.0.